The number of alkyl halides is 3. The maximum absolute atomic E-state index is 12.0. The molecule has 2 amide bonds. The minimum Gasteiger partial charge on any atom is -0.475 e. The van der Waals surface area contributed by atoms with Crippen molar-refractivity contribution < 1.29 is 32.7 Å². The highest BCUT2D eigenvalue weighted by molar-refractivity contribution is 5.91. The Morgan fingerprint density at radius 1 is 1.39 bits per heavy atom. The molecule has 150 valence electrons. The smallest absolute Gasteiger partial charge is 0.475 e. The van der Waals surface area contributed by atoms with Crippen LogP contribution >= 0.6 is 0 Å². The zero-order valence-corrected chi connectivity index (χ0v) is 14.3. The Hall–Kier alpha value is -3.44. The van der Waals surface area contributed by atoms with Crippen LogP contribution in [0.1, 0.15) is 12.0 Å². The number of aromatic nitrogens is 2. The number of nitrogens with one attached hydrogen (secondary N) is 2. The molecule has 1 aliphatic rings. The molecule has 0 radical (unpaired) electrons. The van der Waals surface area contributed by atoms with Crippen LogP contribution in [0.25, 0.3) is 10.9 Å². The van der Waals surface area contributed by atoms with Crippen LogP contribution < -0.4 is 16.4 Å². The minimum absolute atomic E-state index is 0.160. The zero-order valence-electron chi connectivity index (χ0n) is 14.3. The monoisotopic (exact) mass is 399 g/mol. The van der Waals surface area contributed by atoms with E-state index in [1.54, 1.807) is 0 Å². The minimum atomic E-state index is -5.08. The van der Waals surface area contributed by atoms with Crippen molar-refractivity contribution >= 4 is 35.0 Å². The molecule has 3 rings (SSSR count). The quantitative estimate of drug-likeness (QED) is 0.544. The number of carbonyl (C=O) groups excluding carboxylic acids is 2. The molecule has 1 fully saturated rings. The van der Waals surface area contributed by atoms with Crippen LogP contribution in [0.5, 0.6) is 0 Å². The lowest BCUT2D eigenvalue weighted by atomic mass is 9.89. The fraction of sp³-hybridized carbons (Fsp3) is 0.312. The Balaban J connectivity index is 0.000000345. The average Bonchev–Trinajstić information content (AvgIpc) is 2.96. The van der Waals surface area contributed by atoms with Crippen LogP contribution in [0.2, 0.25) is 0 Å². The predicted octanol–water partition coefficient (Wildman–Crippen LogP) is 0.392. The number of amides is 2. The van der Waals surface area contributed by atoms with Gasteiger partial charge in [-0.05, 0) is 24.1 Å². The molecule has 1 aromatic carbocycles. The SMILES string of the molecule is Nc1ncnc2ccc(C[C@]3(NC=O)CCNC3=O)cc12.O=C(O)C(F)(F)F. The van der Waals surface area contributed by atoms with E-state index in [0.29, 0.717) is 31.6 Å². The third-order valence-corrected chi connectivity index (χ3v) is 4.09. The zero-order chi connectivity index (χ0) is 20.9. The number of carbonyl (C=O) groups is 3. The van der Waals surface area contributed by atoms with E-state index in [-0.39, 0.29) is 5.91 Å². The number of hydrogen-bond acceptors (Lipinski definition) is 6. The molecule has 2 aromatic rings. The van der Waals surface area contributed by atoms with E-state index in [9.17, 15) is 22.8 Å². The van der Waals surface area contributed by atoms with E-state index in [2.05, 4.69) is 20.6 Å². The predicted molar refractivity (Wildman–Crippen MR) is 90.9 cm³/mol. The third kappa shape index (κ3) is 4.64. The standard InChI is InChI=1S/C14H15N5O2.C2HF3O2/c15-12-10-5-9(1-2-11(10)17-7-18-12)6-14(19-8-20)3-4-16-13(14)21;3-2(4,5)1(6)7/h1-2,5,7-8H,3-4,6H2,(H,16,21)(H,19,20)(H2,15,17,18);(H,6,7)/t14-;/m1./s1. The maximum atomic E-state index is 12.0. The summed E-state index contributed by atoms with van der Waals surface area (Å²) in [5.74, 6) is -2.52. The van der Waals surface area contributed by atoms with Gasteiger partial charge in [-0.3, -0.25) is 9.59 Å². The highest BCUT2D eigenvalue weighted by Crippen LogP contribution is 2.25. The van der Waals surface area contributed by atoms with E-state index in [4.69, 9.17) is 15.6 Å². The molecule has 1 saturated heterocycles. The molecular formula is C16H16F3N5O4. The van der Waals surface area contributed by atoms with Gasteiger partial charge >= 0.3 is 12.1 Å². The number of halogens is 3. The van der Waals surface area contributed by atoms with Crippen LogP contribution in [-0.4, -0.2) is 51.6 Å². The van der Waals surface area contributed by atoms with Crippen LogP contribution in [0.4, 0.5) is 19.0 Å². The summed E-state index contributed by atoms with van der Waals surface area (Å²) in [6, 6.07) is 5.59. The van der Waals surface area contributed by atoms with Crippen molar-refractivity contribution in [1.29, 1.82) is 0 Å². The Morgan fingerprint density at radius 2 is 2.07 bits per heavy atom. The summed E-state index contributed by atoms with van der Waals surface area (Å²) in [5.41, 5.74) is 6.61. The normalized spacial score (nSPS) is 18.8. The second kappa shape index (κ2) is 8.06. The Labute approximate surface area is 156 Å². The van der Waals surface area contributed by atoms with Gasteiger partial charge in [-0.2, -0.15) is 13.2 Å². The van der Waals surface area contributed by atoms with E-state index in [1.165, 1.54) is 6.33 Å². The summed E-state index contributed by atoms with van der Waals surface area (Å²) in [5, 5.41) is 13.3. The first kappa shape index (κ1) is 20.9. The molecular weight excluding hydrogens is 383 g/mol. The van der Waals surface area contributed by atoms with Crippen molar-refractivity contribution in [3.63, 3.8) is 0 Å². The molecule has 0 spiro atoms. The van der Waals surface area contributed by atoms with Gasteiger partial charge in [-0.1, -0.05) is 6.07 Å². The first-order chi connectivity index (χ1) is 13.1. The number of hydrogen-bond donors (Lipinski definition) is 4. The van der Waals surface area contributed by atoms with E-state index >= 15 is 0 Å². The summed E-state index contributed by atoms with van der Waals surface area (Å²) in [6.45, 7) is 0.554. The van der Waals surface area contributed by atoms with Gasteiger partial charge in [0.1, 0.15) is 17.7 Å². The van der Waals surface area contributed by atoms with Crippen LogP contribution in [0.3, 0.4) is 0 Å². The molecule has 1 aliphatic heterocycles. The maximum Gasteiger partial charge on any atom is 0.490 e. The summed E-state index contributed by atoms with van der Waals surface area (Å²) in [6.07, 6.45) is -2.13. The Bertz CT molecular complexity index is 905. The van der Waals surface area contributed by atoms with Gasteiger partial charge in [0.15, 0.2) is 0 Å². The largest absolute Gasteiger partial charge is 0.490 e. The highest BCUT2D eigenvalue weighted by Gasteiger charge is 2.42. The molecule has 1 aromatic heterocycles. The number of fused-ring (bicyclic) bond motifs is 1. The molecule has 0 aliphatic carbocycles. The first-order valence-corrected chi connectivity index (χ1v) is 7.88. The molecule has 9 nitrogen and oxygen atoms in total. The van der Waals surface area contributed by atoms with E-state index in [1.807, 2.05) is 18.2 Å². The number of nitrogens with zero attached hydrogens (tertiary/aromatic N) is 2. The number of nitrogens with two attached hydrogens (primary N) is 1. The van der Waals surface area contributed by atoms with Gasteiger partial charge < -0.3 is 21.5 Å². The second-order valence-corrected chi connectivity index (χ2v) is 5.94. The van der Waals surface area contributed by atoms with Gasteiger partial charge in [0.2, 0.25) is 12.3 Å². The van der Waals surface area contributed by atoms with Gasteiger partial charge in [0.05, 0.1) is 5.52 Å². The average molecular weight is 399 g/mol. The highest BCUT2D eigenvalue weighted by atomic mass is 19.4. The van der Waals surface area contributed by atoms with Gasteiger partial charge in [-0.25, -0.2) is 14.8 Å². The van der Waals surface area contributed by atoms with Crippen molar-refractivity contribution in [3.8, 4) is 0 Å². The second-order valence-electron chi connectivity index (χ2n) is 5.94. The molecule has 0 bridgehead atoms. The van der Waals surface area contributed by atoms with Gasteiger partial charge in [0, 0.05) is 18.4 Å². The number of anilines is 1. The van der Waals surface area contributed by atoms with Crippen LogP contribution in [-0.2, 0) is 20.8 Å². The fourth-order valence-corrected chi connectivity index (χ4v) is 2.72. The number of carboxylic acid groups (broad SMARTS) is 1. The number of benzene rings is 1. The summed E-state index contributed by atoms with van der Waals surface area (Å²) < 4.78 is 31.7. The fourth-order valence-electron chi connectivity index (χ4n) is 2.72. The van der Waals surface area contributed by atoms with Gasteiger partial charge in [0.25, 0.3) is 0 Å². The van der Waals surface area contributed by atoms with Crippen molar-refractivity contribution in [1.82, 2.24) is 20.6 Å². The lowest BCUT2D eigenvalue weighted by molar-refractivity contribution is -0.192. The van der Waals surface area contributed by atoms with Crippen LogP contribution in [0.15, 0.2) is 24.5 Å². The first-order valence-electron chi connectivity index (χ1n) is 7.88. The number of nitrogen functional groups attached to an aromatic ring is 1. The Kier molecular flexibility index (Phi) is 6.01. The van der Waals surface area contributed by atoms with E-state index in [0.717, 1.165) is 16.5 Å². The molecule has 0 saturated carbocycles. The van der Waals surface area contributed by atoms with Crippen molar-refractivity contribution in [2.24, 2.45) is 0 Å². The third-order valence-electron chi connectivity index (χ3n) is 4.09. The summed E-state index contributed by atoms with van der Waals surface area (Å²) in [7, 11) is 0. The molecule has 12 heteroatoms. The lowest BCUT2D eigenvalue weighted by Crippen LogP contribution is -2.52. The van der Waals surface area contributed by atoms with Crippen molar-refractivity contribution in [2.45, 2.75) is 24.6 Å². The molecule has 0 unspecified atom stereocenters. The molecule has 2 heterocycles. The number of rotatable bonds is 4. The number of aliphatic carboxylic acids is 1. The lowest BCUT2D eigenvalue weighted by Gasteiger charge is -2.25. The molecule has 1 atom stereocenters. The molecule has 28 heavy (non-hydrogen) atoms. The molecule has 5 N–H and O–H groups in total. The van der Waals surface area contributed by atoms with Crippen molar-refractivity contribution in [3.05, 3.63) is 30.1 Å². The van der Waals surface area contributed by atoms with Crippen LogP contribution in [0, 0.1) is 0 Å². The summed E-state index contributed by atoms with van der Waals surface area (Å²) in [4.78, 5) is 39.9. The topological polar surface area (TPSA) is 147 Å². The van der Waals surface area contributed by atoms with Crippen molar-refractivity contribution in [2.75, 3.05) is 12.3 Å². The number of carboxylic acids is 1. The van der Waals surface area contributed by atoms with Gasteiger partial charge in [-0.15, -0.1) is 0 Å². The summed E-state index contributed by atoms with van der Waals surface area (Å²) >= 11 is 0. The Morgan fingerprint density at radius 3 is 2.61 bits per heavy atom. The van der Waals surface area contributed by atoms with E-state index < -0.39 is 17.7 Å².